The molecule has 1 saturated heterocycles. The maximum absolute atomic E-state index is 13.7. The molecule has 0 radical (unpaired) electrons. The minimum atomic E-state index is -0.343. The highest BCUT2D eigenvalue weighted by Crippen LogP contribution is 2.31. The molecule has 0 bridgehead atoms. The van der Waals surface area contributed by atoms with Gasteiger partial charge < -0.3 is 15.2 Å². The van der Waals surface area contributed by atoms with Crippen LogP contribution in [0.4, 0.5) is 4.39 Å². The molecular weight excluding hydrogens is 407 g/mol. The van der Waals surface area contributed by atoms with Gasteiger partial charge in [0.05, 0.1) is 6.04 Å². The van der Waals surface area contributed by atoms with Crippen LogP contribution in [0, 0.1) is 5.82 Å². The lowest BCUT2D eigenvalue weighted by Crippen LogP contribution is -2.48. The Morgan fingerprint density at radius 2 is 1.91 bits per heavy atom. The van der Waals surface area contributed by atoms with Crippen molar-refractivity contribution in [2.75, 3.05) is 6.54 Å². The molecule has 0 aromatic heterocycles. The number of carbonyl (C=O) groups is 2. The van der Waals surface area contributed by atoms with Gasteiger partial charge >= 0.3 is 0 Å². The molecule has 2 aliphatic heterocycles. The summed E-state index contributed by atoms with van der Waals surface area (Å²) in [6.07, 6.45) is 4.39. The topological polar surface area (TPSA) is 64.7 Å². The molecular formula is C25H29FN4O2. The lowest BCUT2D eigenvalue weighted by molar-refractivity contribution is -0.134. The van der Waals surface area contributed by atoms with Crippen molar-refractivity contribution in [1.29, 1.82) is 0 Å². The van der Waals surface area contributed by atoms with E-state index in [0.29, 0.717) is 17.9 Å². The zero-order valence-corrected chi connectivity index (χ0v) is 18.4. The summed E-state index contributed by atoms with van der Waals surface area (Å²) >= 11 is 0. The first kappa shape index (κ1) is 22.0. The van der Waals surface area contributed by atoms with Crippen molar-refractivity contribution < 1.29 is 14.0 Å². The van der Waals surface area contributed by atoms with Crippen molar-refractivity contribution in [2.24, 2.45) is 0 Å². The number of halogens is 1. The van der Waals surface area contributed by atoms with Crippen LogP contribution in [0.25, 0.3) is 0 Å². The molecule has 6 nitrogen and oxygen atoms in total. The van der Waals surface area contributed by atoms with Gasteiger partial charge in [0.1, 0.15) is 11.9 Å². The number of hydrogen-bond donors (Lipinski definition) is 2. The normalized spacial score (nSPS) is 20.1. The van der Waals surface area contributed by atoms with Crippen molar-refractivity contribution in [3.05, 3.63) is 83.4 Å². The summed E-state index contributed by atoms with van der Waals surface area (Å²) in [7, 11) is 0. The monoisotopic (exact) mass is 436 g/mol. The minimum Gasteiger partial charge on any atom is -0.352 e. The zero-order chi connectivity index (χ0) is 22.7. The Hall–Kier alpha value is -3.19. The molecule has 2 amide bonds. The first-order chi connectivity index (χ1) is 15.4. The third-order valence-electron chi connectivity index (χ3n) is 6.09. The highest BCUT2D eigenvalue weighted by molar-refractivity contribution is 5.85. The molecule has 0 aliphatic carbocycles. The van der Waals surface area contributed by atoms with E-state index >= 15 is 0 Å². The van der Waals surface area contributed by atoms with Gasteiger partial charge in [0.25, 0.3) is 5.91 Å². The van der Waals surface area contributed by atoms with Gasteiger partial charge in [-0.15, -0.1) is 0 Å². The number of carbonyl (C=O) groups excluding carboxylic acids is 2. The fourth-order valence-electron chi connectivity index (χ4n) is 4.10. The highest BCUT2D eigenvalue weighted by Gasteiger charge is 2.39. The second-order valence-corrected chi connectivity index (χ2v) is 8.61. The standard InChI is InChI=1S/C25H29FN4O2/c1-17(2)18-7-9-19(10-8-18)22-15-23-25(32)29(13-14-30(23)28-22)12-11-24(31)27-16-20-5-3-4-6-21(20)26/h3-10,13-14,17,22-23,28H,11-12,15-16H2,1-2H3,(H,27,31). The van der Waals surface area contributed by atoms with Gasteiger partial charge in [-0.25, -0.2) is 9.82 Å². The van der Waals surface area contributed by atoms with Crippen molar-refractivity contribution in [1.82, 2.24) is 20.7 Å². The number of rotatable bonds is 7. The maximum Gasteiger partial charge on any atom is 0.250 e. The Morgan fingerprint density at radius 3 is 2.62 bits per heavy atom. The summed E-state index contributed by atoms with van der Waals surface area (Å²) in [5, 5.41) is 4.58. The van der Waals surface area contributed by atoms with E-state index in [1.807, 2.05) is 11.2 Å². The SMILES string of the molecule is CC(C)c1ccc(C2CC3C(=O)N(CCC(=O)NCc4ccccc4F)C=CN3N2)cc1. The van der Waals surface area contributed by atoms with E-state index in [1.54, 1.807) is 29.3 Å². The van der Waals surface area contributed by atoms with Crippen LogP contribution < -0.4 is 10.7 Å². The molecule has 2 unspecified atom stereocenters. The predicted octanol–water partition coefficient (Wildman–Crippen LogP) is 3.59. The summed E-state index contributed by atoms with van der Waals surface area (Å²) in [5.74, 6) is -0.106. The molecule has 0 spiro atoms. The van der Waals surface area contributed by atoms with Crippen LogP contribution in [0.15, 0.2) is 60.9 Å². The summed E-state index contributed by atoms with van der Waals surface area (Å²) < 4.78 is 13.7. The number of benzene rings is 2. The molecule has 2 N–H and O–H groups in total. The number of nitrogens with zero attached hydrogens (tertiary/aromatic N) is 2. The molecule has 7 heteroatoms. The lowest BCUT2D eigenvalue weighted by Gasteiger charge is -2.31. The van der Waals surface area contributed by atoms with Gasteiger partial charge in [-0.3, -0.25) is 9.59 Å². The Labute approximate surface area is 188 Å². The molecule has 2 aromatic carbocycles. The fraction of sp³-hybridized carbons (Fsp3) is 0.360. The third kappa shape index (κ3) is 4.83. The van der Waals surface area contributed by atoms with Gasteiger partial charge in [0.15, 0.2) is 0 Å². The summed E-state index contributed by atoms with van der Waals surface area (Å²) in [5.41, 5.74) is 6.29. The van der Waals surface area contributed by atoms with Crippen LogP contribution in [0.3, 0.4) is 0 Å². The molecule has 4 rings (SSSR count). The van der Waals surface area contributed by atoms with Gasteiger partial charge in [0.2, 0.25) is 5.91 Å². The molecule has 2 aromatic rings. The van der Waals surface area contributed by atoms with Gasteiger partial charge in [0, 0.05) is 37.5 Å². The second kappa shape index (κ2) is 9.53. The van der Waals surface area contributed by atoms with Crippen molar-refractivity contribution in [3.8, 4) is 0 Å². The average molecular weight is 437 g/mol. The van der Waals surface area contributed by atoms with Crippen LogP contribution >= 0.6 is 0 Å². The van der Waals surface area contributed by atoms with Crippen LogP contribution in [-0.2, 0) is 16.1 Å². The Balaban J connectivity index is 1.29. The predicted molar refractivity (Wildman–Crippen MR) is 120 cm³/mol. The molecule has 2 aliphatic rings. The molecule has 2 atom stereocenters. The van der Waals surface area contributed by atoms with Crippen molar-refractivity contribution in [3.63, 3.8) is 0 Å². The van der Waals surface area contributed by atoms with Gasteiger partial charge in [-0.2, -0.15) is 0 Å². The summed E-state index contributed by atoms with van der Waals surface area (Å²) in [4.78, 5) is 26.8. The molecule has 1 fully saturated rings. The Morgan fingerprint density at radius 1 is 1.16 bits per heavy atom. The van der Waals surface area contributed by atoms with Gasteiger partial charge in [-0.1, -0.05) is 56.3 Å². The van der Waals surface area contributed by atoms with Crippen molar-refractivity contribution in [2.45, 2.75) is 51.2 Å². The number of hydrazine groups is 1. The quantitative estimate of drug-likeness (QED) is 0.696. The molecule has 168 valence electrons. The molecule has 0 saturated carbocycles. The number of amides is 2. The number of nitrogens with one attached hydrogen (secondary N) is 2. The summed E-state index contributed by atoms with van der Waals surface area (Å²) in [6, 6.07) is 14.7. The van der Waals surface area contributed by atoms with E-state index in [4.69, 9.17) is 0 Å². The minimum absolute atomic E-state index is 0.0248. The van der Waals surface area contributed by atoms with Crippen LogP contribution in [0.5, 0.6) is 0 Å². The maximum atomic E-state index is 13.7. The van der Waals surface area contributed by atoms with Crippen LogP contribution in [0.2, 0.25) is 0 Å². The third-order valence-corrected chi connectivity index (χ3v) is 6.09. The van der Waals surface area contributed by atoms with E-state index in [9.17, 15) is 14.0 Å². The Kier molecular flexibility index (Phi) is 6.55. The second-order valence-electron chi connectivity index (χ2n) is 8.61. The van der Waals surface area contributed by atoms with Crippen molar-refractivity contribution >= 4 is 11.8 Å². The van der Waals surface area contributed by atoms with E-state index < -0.39 is 0 Å². The summed E-state index contributed by atoms with van der Waals surface area (Å²) in [6.45, 7) is 4.76. The Bertz CT molecular complexity index is 1010. The smallest absolute Gasteiger partial charge is 0.250 e. The van der Waals surface area contributed by atoms with Crippen LogP contribution in [-0.4, -0.2) is 34.3 Å². The molecule has 32 heavy (non-hydrogen) atoms. The average Bonchev–Trinajstić information content (AvgIpc) is 3.23. The first-order valence-electron chi connectivity index (χ1n) is 11.1. The van der Waals surface area contributed by atoms with E-state index in [1.165, 1.54) is 11.6 Å². The highest BCUT2D eigenvalue weighted by atomic mass is 19.1. The number of hydrogen-bond acceptors (Lipinski definition) is 4. The lowest BCUT2D eigenvalue weighted by atomic mass is 9.97. The van der Waals surface area contributed by atoms with E-state index in [0.717, 1.165) is 5.56 Å². The van der Waals surface area contributed by atoms with Gasteiger partial charge in [-0.05, 0) is 29.5 Å². The zero-order valence-electron chi connectivity index (χ0n) is 18.4. The number of fused-ring (bicyclic) bond motifs is 1. The largest absolute Gasteiger partial charge is 0.352 e. The molecule has 2 heterocycles. The van der Waals surface area contributed by atoms with E-state index in [2.05, 4.69) is 48.9 Å². The van der Waals surface area contributed by atoms with E-state index in [-0.39, 0.29) is 49.2 Å². The fourth-order valence-corrected chi connectivity index (χ4v) is 4.10. The first-order valence-corrected chi connectivity index (χ1v) is 11.1. The van der Waals surface area contributed by atoms with Crippen LogP contribution in [0.1, 0.15) is 55.3 Å².